The second-order valence-electron chi connectivity index (χ2n) is 22.7. The van der Waals surface area contributed by atoms with Crippen LogP contribution >= 0.6 is 22.7 Å². The predicted octanol–water partition coefficient (Wildman–Crippen LogP) is 11.3. The molecule has 8 N–H and O–H groups in total. The van der Waals surface area contributed by atoms with Gasteiger partial charge in [0.15, 0.2) is 11.6 Å². The number of piperidine rings is 2. The first-order valence-corrected chi connectivity index (χ1v) is 36.6. The van der Waals surface area contributed by atoms with Crippen molar-refractivity contribution in [3.05, 3.63) is 106 Å². The number of aromatic nitrogens is 5. The van der Waals surface area contributed by atoms with E-state index in [1.807, 2.05) is 52.0 Å². The molecule has 2 amide bonds. The fourth-order valence-electron chi connectivity index (χ4n) is 10.9. The van der Waals surface area contributed by atoms with Crippen LogP contribution in [0, 0.1) is 0 Å². The number of benzene rings is 4. The standard InChI is InChI=1S/C65H78N18O12S4/c1-7-79(8-2)45-21-27-51(75-77-64-70-57(81-29-13-11-14-30-81)55(96-64)39-49(41(5)86)59(88)66-43-17-23-47(24-18-43)98(90,91)92)53(37-45)68-61-72-62(74-63(73-61)83(33-35-84)34-36-85)69-54-38-46(80(9-3)10-4)22-28-52(54)76-78-65-71-58(82-31-15-12-16-32-82)56(97-65)40-50(42(6)87)60(89)67-44-19-25-48(26-20-44)99(93,94)95/h17-28,37-40,84-85H,7-16,29-36H2,1-6H3,(H,66,88)(H,67,89)(H,90,91,92)(H,93,94,95)(H2,68,69,72,73,74)/b49-39+,50-40?,77-75+,78-76+. The second-order valence-corrected chi connectivity index (χ2v) is 27.6. The molecule has 0 radical (unpaired) electrons. The van der Waals surface area contributed by atoms with Crippen LogP contribution in [0.2, 0.25) is 0 Å². The molecule has 99 heavy (non-hydrogen) atoms. The number of thiazole rings is 2. The van der Waals surface area contributed by atoms with E-state index in [-0.39, 0.29) is 86.7 Å². The molecule has 2 fully saturated rings. The number of ketones is 2. The summed E-state index contributed by atoms with van der Waals surface area (Å²) in [5.41, 5.74) is 3.04. The fraction of sp³-hybridized carbons (Fsp3) is 0.369. The molecule has 2 saturated heterocycles. The molecule has 0 saturated carbocycles. The molecule has 4 aromatic carbocycles. The number of hydrogen-bond donors (Lipinski definition) is 8. The number of carbonyl (C=O) groups is 4. The lowest BCUT2D eigenvalue weighted by molar-refractivity contribution is -0.120. The molecule has 0 bridgehead atoms. The fourth-order valence-corrected chi connectivity index (χ4v) is 13.6. The van der Waals surface area contributed by atoms with Gasteiger partial charge in [0.1, 0.15) is 23.0 Å². The highest BCUT2D eigenvalue weighted by atomic mass is 32.2. The maximum Gasteiger partial charge on any atom is 0.294 e. The van der Waals surface area contributed by atoms with Gasteiger partial charge in [-0.25, -0.2) is 0 Å². The number of amides is 2. The number of aliphatic hydroxyl groups excluding tert-OH is 2. The molecule has 3 aromatic heterocycles. The number of azo groups is 2. The SMILES string of the molecule is CCN(CC)c1ccc(/N=N/c2nc(N3CCCCC3)c(C=C(C(C)=O)C(=O)Nc3ccc(S(=O)(=O)O)cc3)s2)c(Nc2nc(Nc3cc(N(CC)CC)ccc3/N=N/c3nc(N4CCCCC4)c(/C=C(\C(C)=O)C(=O)Nc4ccc(S(=O)(=O)O)cc4)s3)nc(N(CCO)CCO)n2)c1. The Bertz CT molecular complexity index is 4140. The number of anilines is 11. The van der Waals surface area contributed by atoms with Crippen molar-refractivity contribution < 1.29 is 55.3 Å². The Morgan fingerprint density at radius 1 is 0.515 bits per heavy atom. The van der Waals surface area contributed by atoms with Crippen LogP contribution in [-0.4, -0.2) is 163 Å². The molecular weight excluding hydrogens is 1350 g/mol. The van der Waals surface area contributed by atoms with Gasteiger partial charge in [-0.3, -0.25) is 28.3 Å². The normalized spacial score (nSPS) is 14.0. The predicted molar refractivity (Wildman–Crippen MR) is 385 cm³/mol. The zero-order valence-corrected chi connectivity index (χ0v) is 58.7. The Morgan fingerprint density at radius 2 is 0.889 bits per heavy atom. The largest absolute Gasteiger partial charge is 0.395 e. The minimum absolute atomic E-state index is 0.0142. The Morgan fingerprint density at radius 3 is 1.22 bits per heavy atom. The van der Waals surface area contributed by atoms with E-state index in [4.69, 9.17) is 35.1 Å². The molecule has 2 aliphatic rings. The van der Waals surface area contributed by atoms with Crippen LogP contribution in [0.3, 0.4) is 0 Å². The van der Waals surface area contributed by atoms with Crippen molar-refractivity contribution in [2.24, 2.45) is 20.5 Å². The van der Waals surface area contributed by atoms with Gasteiger partial charge in [0.2, 0.25) is 28.1 Å². The van der Waals surface area contributed by atoms with E-state index in [0.717, 1.165) is 96.8 Å². The van der Waals surface area contributed by atoms with Gasteiger partial charge in [0, 0.05) is 88.2 Å². The molecule has 7 aromatic rings. The molecule has 5 heterocycles. The molecule has 2 aliphatic heterocycles. The number of Topliss-reactive ketones (excluding diaryl/α,β-unsaturated/α-hetero) is 2. The zero-order valence-electron chi connectivity index (χ0n) is 55.4. The Balaban J connectivity index is 1.08. The zero-order chi connectivity index (χ0) is 71.0. The average Bonchev–Trinajstić information content (AvgIpc) is 1.74. The van der Waals surface area contributed by atoms with Crippen molar-refractivity contribution >= 4 is 164 Å². The van der Waals surface area contributed by atoms with E-state index < -0.39 is 43.6 Å². The first kappa shape index (κ1) is 73.7. The lowest BCUT2D eigenvalue weighted by atomic mass is 10.1. The topological polar surface area (TPSA) is 396 Å². The van der Waals surface area contributed by atoms with Crippen LogP contribution in [0.5, 0.6) is 0 Å². The third-order valence-electron chi connectivity index (χ3n) is 16.0. The van der Waals surface area contributed by atoms with E-state index in [0.29, 0.717) is 96.5 Å². The molecule has 0 unspecified atom stereocenters. The van der Waals surface area contributed by atoms with Gasteiger partial charge in [-0.2, -0.15) is 41.8 Å². The van der Waals surface area contributed by atoms with E-state index in [9.17, 15) is 55.3 Å². The van der Waals surface area contributed by atoms with Gasteiger partial charge in [0.25, 0.3) is 32.1 Å². The molecule has 524 valence electrons. The Labute approximate surface area is 581 Å². The summed E-state index contributed by atoms with van der Waals surface area (Å²) in [6.07, 6.45) is 8.44. The first-order valence-electron chi connectivity index (χ1n) is 32.1. The van der Waals surface area contributed by atoms with Gasteiger partial charge < -0.3 is 56.0 Å². The van der Waals surface area contributed by atoms with E-state index in [1.54, 1.807) is 17.0 Å². The minimum atomic E-state index is -4.49. The van der Waals surface area contributed by atoms with E-state index in [2.05, 4.69) is 51.1 Å². The van der Waals surface area contributed by atoms with Crippen LogP contribution in [-0.2, 0) is 39.4 Å². The number of aliphatic hydroxyl groups is 2. The summed E-state index contributed by atoms with van der Waals surface area (Å²) in [7, 11) is -8.99. The molecule has 9 rings (SSSR count). The molecule has 34 heteroatoms. The Hall–Kier alpha value is -9.55. The summed E-state index contributed by atoms with van der Waals surface area (Å²) < 4.78 is 65.7. The van der Waals surface area contributed by atoms with Crippen molar-refractivity contribution in [3.8, 4) is 0 Å². The smallest absolute Gasteiger partial charge is 0.294 e. The summed E-state index contributed by atoms with van der Waals surface area (Å²) in [6.45, 7) is 15.3. The number of hydrogen-bond acceptors (Lipinski definition) is 28. The first-order chi connectivity index (χ1) is 47.5. The highest BCUT2D eigenvalue weighted by Gasteiger charge is 2.27. The summed E-state index contributed by atoms with van der Waals surface area (Å²) >= 11 is 2.22. The highest BCUT2D eigenvalue weighted by molar-refractivity contribution is 7.86. The molecule has 0 aliphatic carbocycles. The summed E-state index contributed by atoms with van der Waals surface area (Å²) in [5.74, 6) is -1.52. The van der Waals surface area contributed by atoms with Gasteiger partial charge in [0.05, 0.1) is 55.3 Å². The van der Waals surface area contributed by atoms with Crippen LogP contribution in [0.4, 0.5) is 85.2 Å². The molecule has 30 nitrogen and oxygen atoms in total. The maximum absolute atomic E-state index is 13.8. The molecule has 0 spiro atoms. The van der Waals surface area contributed by atoms with Gasteiger partial charge in [-0.1, -0.05) is 22.7 Å². The van der Waals surface area contributed by atoms with Crippen molar-refractivity contribution in [1.82, 2.24) is 24.9 Å². The highest BCUT2D eigenvalue weighted by Crippen LogP contribution is 2.41. The summed E-state index contributed by atoms with van der Waals surface area (Å²) in [5, 5.41) is 51.8. The van der Waals surface area contributed by atoms with Crippen molar-refractivity contribution in [1.29, 1.82) is 0 Å². The summed E-state index contributed by atoms with van der Waals surface area (Å²) in [4.78, 5) is 88.5. The lowest BCUT2D eigenvalue weighted by Gasteiger charge is -2.27. The summed E-state index contributed by atoms with van der Waals surface area (Å²) in [6, 6.07) is 20.7. The maximum atomic E-state index is 13.8. The second kappa shape index (κ2) is 33.8. The van der Waals surface area contributed by atoms with Crippen molar-refractivity contribution in [3.63, 3.8) is 0 Å². The third-order valence-corrected chi connectivity index (χ3v) is 19.5. The molecule has 0 atom stereocenters. The van der Waals surface area contributed by atoms with Crippen LogP contribution in [0.15, 0.2) is 126 Å². The van der Waals surface area contributed by atoms with Gasteiger partial charge in [-0.05, 0) is 177 Å². The van der Waals surface area contributed by atoms with Crippen molar-refractivity contribution in [2.45, 2.75) is 89.9 Å². The van der Waals surface area contributed by atoms with Gasteiger partial charge in [-0.15, -0.1) is 20.5 Å². The molecular formula is C65H78N18O12S4. The number of carbonyl (C=O) groups excluding carboxylic acids is 4. The van der Waals surface area contributed by atoms with Crippen LogP contribution in [0.1, 0.15) is 89.8 Å². The quantitative estimate of drug-likeness (QED) is 0.00658. The van der Waals surface area contributed by atoms with Gasteiger partial charge >= 0.3 is 0 Å². The lowest BCUT2D eigenvalue weighted by Crippen LogP contribution is -2.31. The number of nitrogens with zero attached hydrogens (tertiary/aromatic N) is 14. The Kier molecular flexibility index (Phi) is 25.2. The number of rotatable bonds is 31. The van der Waals surface area contributed by atoms with E-state index >= 15 is 0 Å². The van der Waals surface area contributed by atoms with E-state index in [1.165, 1.54) is 50.3 Å². The monoisotopic (exact) mass is 1430 g/mol. The minimum Gasteiger partial charge on any atom is -0.395 e. The van der Waals surface area contributed by atoms with Crippen LogP contribution < -0.4 is 45.8 Å². The third kappa shape index (κ3) is 19.4. The average molecular weight is 1430 g/mol. The number of nitrogens with one attached hydrogen (secondary N) is 4. The van der Waals surface area contributed by atoms with Crippen molar-refractivity contribution in [2.75, 3.05) is 124 Å². The van der Waals surface area contributed by atoms with Crippen LogP contribution in [0.25, 0.3) is 12.2 Å².